The van der Waals surface area contributed by atoms with Crippen molar-refractivity contribution in [3.8, 4) is 0 Å². The van der Waals surface area contributed by atoms with Crippen molar-refractivity contribution in [1.82, 2.24) is 0 Å². The van der Waals surface area contributed by atoms with Gasteiger partial charge in [0.15, 0.2) is 0 Å². The first kappa shape index (κ1) is 16.1. The highest BCUT2D eigenvalue weighted by atomic mass is 79.9. The maximum Gasteiger partial charge on any atom is 0.416 e. The van der Waals surface area contributed by atoms with Gasteiger partial charge in [-0.3, -0.25) is 0 Å². The Hall–Kier alpha value is -1.27. The summed E-state index contributed by atoms with van der Waals surface area (Å²) in [5, 5.41) is 3.11. The summed E-state index contributed by atoms with van der Waals surface area (Å²) in [6.07, 6.45) is -4.44. The summed E-state index contributed by atoms with van der Waals surface area (Å²) in [7, 11) is 0. The van der Waals surface area contributed by atoms with Crippen LogP contribution in [0.2, 0.25) is 5.02 Å². The van der Waals surface area contributed by atoms with Crippen LogP contribution in [0.3, 0.4) is 0 Å². The standard InChI is InChI=1S/C14H9BrClF4N/c15-10-4-9(14(18,19)20)5-12(6-10)21-7-8-3-11(16)1-2-13(8)17/h1-6,21H,7H2. The van der Waals surface area contributed by atoms with E-state index >= 15 is 0 Å². The highest BCUT2D eigenvalue weighted by Crippen LogP contribution is 2.33. The summed E-state index contributed by atoms with van der Waals surface area (Å²) in [5.41, 5.74) is -0.280. The lowest BCUT2D eigenvalue weighted by Crippen LogP contribution is -2.07. The fraction of sp³-hybridized carbons (Fsp3) is 0.143. The zero-order valence-electron chi connectivity index (χ0n) is 10.4. The van der Waals surface area contributed by atoms with Crippen molar-refractivity contribution in [2.75, 3.05) is 5.32 Å². The Kier molecular flexibility index (Phi) is 4.78. The number of rotatable bonds is 3. The largest absolute Gasteiger partial charge is 0.416 e. The Labute approximate surface area is 132 Å². The van der Waals surface area contributed by atoms with E-state index in [9.17, 15) is 17.6 Å². The highest BCUT2D eigenvalue weighted by molar-refractivity contribution is 9.10. The molecule has 0 bridgehead atoms. The molecule has 0 amide bonds. The average molecular weight is 383 g/mol. The van der Waals surface area contributed by atoms with Crippen molar-refractivity contribution in [2.24, 2.45) is 0 Å². The molecule has 0 atom stereocenters. The van der Waals surface area contributed by atoms with E-state index in [2.05, 4.69) is 21.2 Å². The van der Waals surface area contributed by atoms with Crippen LogP contribution >= 0.6 is 27.5 Å². The van der Waals surface area contributed by atoms with Crippen LogP contribution in [0.4, 0.5) is 23.2 Å². The number of nitrogens with one attached hydrogen (secondary N) is 1. The van der Waals surface area contributed by atoms with Gasteiger partial charge in [0.1, 0.15) is 5.82 Å². The van der Waals surface area contributed by atoms with Crippen LogP contribution in [0.25, 0.3) is 0 Å². The number of hydrogen-bond donors (Lipinski definition) is 1. The SMILES string of the molecule is Fc1ccc(Cl)cc1CNc1cc(Br)cc(C(F)(F)F)c1. The minimum Gasteiger partial charge on any atom is -0.381 e. The van der Waals surface area contributed by atoms with Gasteiger partial charge >= 0.3 is 6.18 Å². The Morgan fingerprint density at radius 3 is 2.48 bits per heavy atom. The van der Waals surface area contributed by atoms with Crippen molar-refractivity contribution in [3.63, 3.8) is 0 Å². The van der Waals surface area contributed by atoms with Gasteiger partial charge in [0.05, 0.1) is 5.56 Å². The smallest absolute Gasteiger partial charge is 0.381 e. The third kappa shape index (κ3) is 4.35. The van der Waals surface area contributed by atoms with Gasteiger partial charge in [-0.25, -0.2) is 4.39 Å². The molecule has 112 valence electrons. The lowest BCUT2D eigenvalue weighted by atomic mass is 10.1. The first-order chi connectivity index (χ1) is 9.75. The van der Waals surface area contributed by atoms with Gasteiger partial charge in [0.25, 0.3) is 0 Å². The summed E-state index contributed by atoms with van der Waals surface area (Å²) in [6, 6.07) is 7.46. The lowest BCUT2D eigenvalue weighted by Gasteiger charge is -2.12. The first-order valence-electron chi connectivity index (χ1n) is 5.81. The third-order valence-corrected chi connectivity index (χ3v) is 3.41. The van der Waals surface area contributed by atoms with E-state index in [1.807, 2.05) is 0 Å². The minimum atomic E-state index is -4.44. The van der Waals surface area contributed by atoms with Crippen LogP contribution in [0.15, 0.2) is 40.9 Å². The molecule has 0 unspecified atom stereocenters. The third-order valence-electron chi connectivity index (χ3n) is 2.72. The van der Waals surface area contributed by atoms with E-state index in [1.165, 1.54) is 24.3 Å². The van der Waals surface area contributed by atoms with Crippen molar-refractivity contribution in [3.05, 3.63) is 62.8 Å². The summed E-state index contributed by atoms with van der Waals surface area (Å²) in [4.78, 5) is 0. The van der Waals surface area contributed by atoms with E-state index < -0.39 is 17.6 Å². The molecule has 0 spiro atoms. The predicted molar refractivity (Wildman–Crippen MR) is 77.9 cm³/mol. The maximum absolute atomic E-state index is 13.5. The first-order valence-corrected chi connectivity index (χ1v) is 6.98. The van der Waals surface area contributed by atoms with Gasteiger partial charge in [-0.1, -0.05) is 27.5 Å². The molecule has 21 heavy (non-hydrogen) atoms. The number of alkyl halides is 3. The van der Waals surface area contributed by atoms with Crippen LogP contribution < -0.4 is 5.32 Å². The molecular formula is C14H9BrClF4N. The van der Waals surface area contributed by atoms with Gasteiger partial charge < -0.3 is 5.32 Å². The molecule has 0 aromatic heterocycles. The van der Waals surface area contributed by atoms with Crippen LogP contribution in [-0.2, 0) is 12.7 Å². The quantitative estimate of drug-likeness (QED) is 0.654. The molecule has 1 N–H and O–H groups in total. The van der Waals surface area contributed by atoms with Crippen LogP contribution in [-0.4, -0.2) is 0 Å². The van der Waals surface area contributed by atoms with Crippen LogP contribution in [0.1, 0.15) is 11.1 Å². The number of anilines is 1. The summed E-state index contributed by atoms with van der Waals surface area (Å²) >= 11 is 8.78. The van der Waals surface area contributed by atoms with Crippen molar-refractivity contribution in [1.29, 1.82) is 0 Å². The number of halogens is 6. The molecule has 2 rings (SSSR count). The lowest BCUT2D eigenvalue weighted by molar-refractivity contribution is -0.137. The molecule has 0 aliphatic rings. The highest BCUT2D eigenvalue weighted by Gasteiger charge is 2.31. The van der Waals surface area contributed by atoms with Gasteiger partial charge in [-0.05, 0) is 36.4 Å². The molecule has 0 fully saturated rings. The molecular weight excluding hydrogens is 374 g/mol. The zero-order valence-corrected chi connectivity index (χ0v) is 12.8. The molecule has 1 nitrogen and oxygen atoms in total. The Bertz CT molecular complexity index is 658. The van der Waals surface area contributed by atoms with Gasteiger partial charge in [0, 0.05) is 27.3 Å². The molecule has 0 aliphatic carbocycles. The molecule has 0 saturated carbocycles. The molecule has 0 radical (unpaired) electrons. The Morgan fingerprint density at radius 2 is 1.81 bits per heavy atom. The Morgan fingerprint density at radius 1 is 1.10 bits per heavy atom. The van der Waals surface area contributed by atoms with E-state index in [0.29, 0.717) is 5.02 Å². The van der Waals surface area contributed by atoms with Gasteiger partial charge in [-0.15, -0.1) is 0 Å². The molecule has 0 heterocycles. The monoisotopic (exact) mass is 381 g/mol. The van der Waals surface area contributed by atoms with E-state index in [1.54, 1.807) is 0 Å². The predicted octanol–water partition coefficient (Wildman–Crippen LogP) is 5.87. The second kappa shape index (κ2) is 6.23. The molecule has 7 heteroatoms. The van der Waals surface area contributed by atoms with Crippen molar-refractivity contribution >= 4 is 33.2 Å². The zero-order chi connectivity index (χ0) is 15.6. The van der Waals surface area contributed by atoms with Crippen molar-refractivity contribution < 1.29 is 17.6 Å². The topological polar surface area (TPSA) is 12.0 Å². The fourth-order valence-electron chi connectivity index (χ4n) is 1.73. The van der Waals surface area contributed by atoms with E-state index in [0.717, 1.165) is 12.1 Å². The minimum absolute atomic E-state index is 0.0279. The van der Waals surface area contributed by atoms with E-state index in [4.69, 9.17) is 11.6 Å². The van der Waals surface area contributed by atoms with Crippen LogP contribution in [0.5, 0.6) is 0 Å². The molecule has 2 aromatic rings. The Balaban J connectivity index is 2.20. The van der Waals surface area contributed by atoms with Gasteiger partial charge in [0.2, 0.25) is 0 Å². The van der Waals surface area contributed by atoms with Gasteiger partial charge in [-0.2, -0.15) is 13.2 Å². The second-order valence-corrected chi connectivity index (χ2v) is 5.67. The second-order valence-electron chi connectivity index (χ2n) is 4.32. The molecule has 0 saturated heterocycles. The van der Waals surface area contributed by atoms with Crippen molar-refractivity contribution in [2.45, 2.75) is 12.7 Å². The summed E-state index contributed by atoms with van der Waals surface area (Å²) in [5.74, 6) is -0.474. The summed E-state index contributed by atoms with van der Waals surface area (Å²) in [6.45, 7) is 0.0279. The maximum atomic E-state index is 13.5. The van der Waals surface area contributed by atoms with Crippen LogP contribution in [0, 0.1) is 5.82 Å². The van der Waals surface area contributed by atoms with E-state index in [-0.39, 0.29) is 22.3 Å². The number of benzene rings is 2. The summed E-state index contributed by atoms with van der Waals surface area (Å²) < 4.78 is 51.9. The average Bonchev–Trinajstić information content (AvgIpc) is 2.38. The molecule has 0 aliphatic heterocycles. The fourth-order valence-corrected chi connectivity index (χ4v) is 2.42. The molecule has 2 aromatic carbocycles. The normalized spacial score (nSPS) is 11.5. The number of hydrogen-bond acceptors (Lipinski definition) is 1.